The molecule has 196 valence electrons. The SMILES string of the molecule is CCN(CC=CC(=O)Nc1cc2c(NCCc3ccccc3)ncnc2cc1OCC1CC1)CCOC. The number of hydrogen-bond acceptors (Lipinski definition) is 7. The smallest absolute Gasteiger partial charge is 0.248 e. The van der Waals surface area contributed by atoms with Crippen molar-refractivity contribution in [2.75, 3.05) is 57.1 Å². The van der Waals surface area contributed by atoms with E-state index in [4.69, 9.17) is 9.47 Å². The number of rotatable bonds is 15. The number of ether oxygens (including phenoxy) is 2. The topological polar surface area (TPSA) is 88.6 Å². The molecule has 3 aromatic rings. The van der Waals surface area contributed by atoms with E-state index < -0.39 is 0 Å². The zero-order valence-electron chi connectivity index (χ0n) is 21.8. The standard InChI is InChI=1S/C29H37N5O3/c1-3-34(16-17-36-2)15-7-10-28(35)33-26-18-24-25(19-27(26)37-20-23-11-12-23)31-21-32-29(24)30-14-13-22-8-5-4-6-9-22/h4-10,18-19,21,23H,3,11-17,20H2,1-2H3,(H,33,35)(H,30,31,32). The van der Waals surface area contributed by atoms with Crippen LogP contribution in [0.1, 0.15) is 25.3 Å². The summed E-state index contributed by atoms with van der Waals surface area (Å²) in [6.07, 6.45) is 8.26. The van der Waals surface area contributed by atoms with E-state index in [1.807, 2.05) is 36.4 Å². The van der Waals surface area contributed by atoms with E-state index in [0.717, 1.165) is 42.8 Å². The summed E-state index contributed by atoms with van der Waals surface area (Å²) < 4.78 is 11.3. The number of methoxy groups -OCH3 is 1. The summed E-state index contributed by atoms with van der Waals surface area (Å²) in [6.45, 7) is 6.52. The summed E-state index contributed by atoms with van der Waals surface area (Å²) in [5.74, 6) is 1.75. The average molecular weight is 504 g/mol. The van der Waals surface area contributed by atoms with Gasteiger partial charge in [-0.1, -0.05) is 43.3 Å². The van der Waals surface area contributed by atoms with Crippen molar-refractivity contribution in [1.82, 2.24) is 14.9 Å². The van der Waals surface area contributed by atoms with E-state index in [2.05, 4.69) is 44.6 Å². The zero-order chi connectivity index (χ0) is 25.9. The number of hydrogen-bond donors (Lipinski definition) is 2. The Balaban J connectivity index is 1.48. The van der Waals surface area contributed by atoms with Gasteiger partial charge in [0.1, 0.15) is 17.9 Å². The van der Waals surface area contributed by atoms with Crippen LogP contribution >= 0.6 is 0 Å². The fourth-order valence-electron chi connectivity index (χ4n) is 3.99. The van der Waals surface area contributed by atoms with Crippen molar-refractivity contribution in [3.05, 3.63) is 66.5 Å². The van der Waals surface area contributed by atoms with Crippen LogP contribution in [-0.2, 0) is 16.0 Å². The van der Waals surface area contributed by atoms with Gasteiger partial charge >= 0.3 is 0 Å². The molecule has 4 rings (SSSR count). The van der Waals surface area contributed by atoms with Gasteiger partial charge in [0.05, 0.1) is 24.4 Å². The highest BCUT2D eigenvalue weighted by molar-refractivity contribution is 6.03. The van der Waals surface area contributed by atoms with Crippen molar-refractivity contribution in [2.45, 2.75) is 26.2 Å². The molecule has 1 aromatic heterocycles. The molecule has 2 aromatic carbocycles. The molecule has 0 unspecified atom stereocenters. The second kappa shape index (κ2) is 13.7. The second-order valence-electron chi connectivity index (χ2n) is 9.28. The largest absolute Gasteiger partial charge is 0.491 e. The molecule has 2 N–H and O–H groups in total. The van der Waals surface area contributed by atoms with Crippen LogP contribution in [0.4, 0.5) is 11.5 Å². The fourth-order valence-corrected chi connectivity index (χ4v) is 3.99. The number of fused-ring (bicyclic) bond motifs is 1. The van der Waals surface area contributed by atoms with Gasteiger partial charge in [0.25, 0.3) is 0 Å². The molecule has 0 bridgehead atoms. The van der Waals surface area contributed by atoms with Gasteiger partial charge in [-0.15, -0.1) is 0 Å². The summed E-state index contributed by atoms with van der Waals surface area (Å²) in [6, 6.07) is 14.1. The van der Waals surface area contributed by atoms with Gasteiger partial charge in [0.15, 0.2) is 0 Å². The summed E-state index contributed by atoms with van der Waals surface area (Å²) in [7, 11) is 1.69. The molecule has 0 aliphatic heterocycles. The molecule has 8 heteroatoms. The maximum atomic E-state index is 12.8. The Hall–Kier alpha value is -3.49. The molecule has 0 spiro atoms. The summed E-state index contributed by atoms with van der Waals surface area (Å²) in [4.78, 5) is 23.9. The van der Waals surface area contributed by atoms with E-state index in [-0.39, 0.29) is 5.91 Å². The summed E-state index contributed by atoms with van der Waals surface area (Å²) in [5, 5.41) is 7.28. The van der Waals surface area contributed by atoms with Crippen LogP contribution < -0.4 is 15.4 Å². The van der Waals surface area contributed by atoms with Crippen LogP contribution in [0.2, 0.25) is 0 Å². The Morgan fingerprint density at radius 1 is 1.19 bits per heavy atom. The Kier molecular flexibility index (Phi) is 9.85. The third-order valence-corrected chi connectivity index (χ3v) is 6.41. The van der Waals surface area contributed by atoms with Crippen molar-refractivity contribution in [2.24, 2.45) is 5.92 Å². The van der Waals surface area contributed by atoms with Crippen molar-refractivity contribution < 1.29 is 14.3 Å². The molecule has 1 amide bonds. The van der Waals surface area contributed by atoms with E-state index in [1.165, 1.54) is 18.4 Å². The van der Waals surface area contributed by atoms with Crippen LogP contribution in [0.25, 0.3) is 10.9 Å². The maximum absolute atomic E-state index is 12.8. The molecule has 0 saturated heterocycles. The van der Waals surface area contributed by atoms with Gasteiger partial charge < -0.3 is 20.1 Å². The van der Waals surface area contributed by atoms with Crippen molar-refractivity contribution in [3.63, 3.8) is 0 Å². The molecule has 1 saturated carbocycles. The van der Waals surface area contributed by atoms with E-state index >= 15 is 0 Å². The first-order chi connectivity index (χ1) is 18.2. The van der Waals surface area contributed by atoms with Crippen molar-refractivity contribution in [3.8, 4) is 5.75 Å². The molecule has 1 aliphatic carbocycles. The minimum absolute atomic E-state index is 0.200. The Bertz CT molecular complexity index is 1180. The molecule has 0 radical (unpaired) electrons. The van der Waals surface area contributed by atoms with E-state index in [1.54, 1.807) is 19.5 Å². The molecule has 1 aliphatic rings. The van der Waals surface area contributed by atoms with Crippen molar-refractivity contribution >= 4 is 28.3 Å². The number of benzene rings is 2. The lowest BCUT2D eigenvalue weighted by molar-refractivity contribution is -0.111. The van der Waals surface area contributed by atoms with Crippen LogP contribution in [0.15, 0.2) is 60.9 Å². The number of nitrogens with zero attached hydrogens (tertiary/aromatic N) is 3. The lowest BCUT2D eigenvalue weighted by atomic mass is 10.1. The van der Waals surface area contributed by atoms with E-state index in [0.29, 0.717) is 37.1 Å². The quantitative estimate of drug-likeness (QED) is 0.295. The van der Waals surface area contributed by atoms with Gasteiger partial charge in [0.2, 0.25) is 5.91 Å². The molecule has 37 heavy (non-hydrogen) atoms. The molecule has 0 atom stereocenters. The highest BCUT2D eigenvalue weighted by Crippen LogP contribution is 2.35. The Morgan fingerprint density at radius 2 is 2.03 bits per heavy atom. The number of likely N-dealkylation sites (N-methyl/N-ethyl adjacent to an activating group) is 1. The lowest BCUT2D eigenvalue weighted by Gasteiger charge is -2.17. The molecule has 1 heterocycles. The summed E-state index contributed by atoms with van der Waals surface area (Å²) in [5.41, 5.74) is 2.65. The van der Waals surface area contributed by atoms with Crippen LogP contribution in [-0.4, -0.2) is 67.3 Å². The Morgan fingerprint density at radius 3 is 2.78 bits per heavy atom. The van der Waals surface area contributed by atoms with Gasteiger partial charge in [-0.05, 0) is 43.4 Å². The van der Waals surface area contributed by atoms with Gasteiger partial charge in [-0.3, -0.25) is 9.69 Å². The minimum Gasteiger partial charge on any atom is -0.491 e. The minimum atomic E-state index is -0.200. The van der Waals surface area contributed by atoms with E-state index in [9.17, 15) is 4.79 Å². The van der Waals surface area contributed by atoms with Crippen LogP contribution in [0.5, 0.6) is 5.75 Å². The van der Waals surface area contributed by atoms with Crippen LogP contribution in [0, 0.1) is 5.92 Å². The molecular weight excluding hydrogens is 466 g/mol. The highest BCUT2D eigenvalue weighted by Gasteiger charge is 2.23. The number of aromatic nitrogens is 2. The number of nitrogens with one attached hydrogen (secondary N) is 2. The second-order valence-corrected chi connectivity index (χ2v) is 9.28. The van der Waals surface area contributed by atoms with Gasteiger partial charge in [-0.25, -0.2) is 9.97 Å². The molecule has 1 fully saturated rings. The zero-order valence-corrected chi connectivity index (χ0v) is 21.8. The van der Waals surface area contributed by atoms with Crippen LogP contribution in [0.3, 0.4) is 0 Å². The highest BCUT2D eigenvalue weighted by atomic mass is 16.5. The first-order valence-electron chi connectivity index (χ1n) is 13.0. The molecule has 8 nitrogen and oxygen atoms in total. The predicted octanol–water partition coefficient (Wildman–Crippen LogP) is 4.54. The normalized spacial score (nSPS) is 13.4. The number of carbonyl (C=O) groups is 1. The predicted molar refractivity (Wildman–Crippen MR) is 148 cm³/mol. The number of anilines is 2. The average Bonchev–Trinajstić information content (AvgIpc) is 3.75. The van der Waals surface area contributed by atoms with Gasteiger partial charge in [0, 0.05) is 44.3 Å². The first-order valence-corrected chi connectivity index (χ1v) is 13.0. The van der Waals surface area contributed by atoms with Crippen molar-refractivity contribution in [1.29, 1.82) is 0 Å². The first kappa shape index (κ1) is 26.6. The number of amides is 1. The monoisotopic (exact) mass is 503 g/mol. The Labute approximate surface area is 219 Å². The summed E-state index contributed by atoms with van der Waals surface area (Å²) >= 11 is 0. The maximum Gasteiger partial charge on any atom is 0.248 e. The third kappa shape index (κ3) is 8.27. The third-order valence-electron chi connectivity index (χ3n) is 6.41. The van der Waals surface area contributed by atoms with Gasteiger partial charge in [-0.2, -0.15) is 0 Å². The lowest BCUT2D eigenvalue weighted by Crippen LogP contribution is -2.27. The fraction of sp³-hybridized carbons (Fsp3) is 0.414. The number of carbonyl (C=O) groups excluding carboxylic acids is 1. The molecular formula is C29H37N5O3.